The Kier molecular flexibility index (Phi) is 4.16. The van der Waals surface area contributed by atoms with Crippen LogP contribution in [-0.2, 0) is 9.53 Å². The lowest BCUT2D eigenvalue weighted by molar-refractivity contribution is -0.144. The molecule has 1 N–H and O–H groups in total. The highest BCUT2D eigenvalue weighted by Gasteiger charge is 2.45. The summed E-state index contributed by atoms with van der Waals surface area (Å²) in [6.07, 6.45) is 8.40. The molecule has 0 unspecified atom stereocenters. The molecule has 3 heterocycles. The average molecular weight is 330 g/mol. The largest absolute Gasteiger partial charge is 0.375 e. The number of carbonyl (C=O) groups excluding carboxylic acids is 1. The molecule has 2 aliphatic heterocycles. The first-order valence-corrected chi connectivity index (χ1v) is 9.11. The number of likely N-dealkylation sites (tertiary alicyclic amines) is 1. The van der Waals surface area contributed by atoms with Gasteiger partial charge in [0.2, 0.25) is 11.9 Å². The van der Waals surface area contributed by atoms with Crippen molar-refractivity contribution in [3.05, 3.63) is 18.5 Å². The van der Waals surface area contributed by atoms with E-state index in [1.54, 1.807) is 12.4 Å². The molecule has 1 aliphatic carbocycles. The van der Waals surface area contributed by atoms with Crippen molar-refractivity contribution in [1.29, 1.82) is 0 Å². The van der Waals surface area contributed by atoms with E-state index in [0.29, 0.717) is 23.8 Å². The van der Waals surface area contributed by atoms with Gasteiger partial charge in [-0.1, -0.05) is 6.92 Å². The predicted molar refractivity (Wildman–Crippen MR) is 90.4 cm³/mol. The topological polar surface area (TPSA) is 67.4 Å². The van der Waals surface area contributed by atoms with Crippen molar-refractivity contribution < 1.29 is 9.53 Å². The third-order valence-corrected chi connectivity index (χ3v) is 5.80. The van der Waals surface area contributed by atoms with Crippen molar-refractivity contribution in [3.63, 3.8) is 0 Å². The summed E-state index contributed by atoms with van der Waals surface area (Å²) in [5, 5.41) is 3.44. The van der Waals surface area contributed by atoms with Gasteiger partial charge in [-0.25, -0.2) is 9.97 Å². The molecule has 1 aromatic rings. The molecule has 0 radical (unpaired) electrons. The quantitative estimate of drug-likeness (QED) is 0.919. The van der Waals surface area contributed by atoms with E-state index in [9.17, 15) is 4.79 Å². The first-order chi connectivity index (χ1) is 11.7. The number of anilines is 1. The molecule has 1 saturated carbocycles. The second-order valence-corrected chi connectivity index (χ2v) is 7.58. The molecule has 1 amide bonds. The van der Waals surface area contributed by atoms with Crippen LogP contribution in [0.25, 0.3) is 0 Å². The fourth-order valence-corrected chi connectivity index (χ4v) is 4.09. The van der Waals surface area contributed by atoms with E-state index in [-0.39, 0.29) is 11.5 Å². The Balaban J connectivity index is 1.33. The van der Waals surface area contributed by atoms with Crippen molar-refractivity contribution in [2.75, 3.05) is 25.0 Å². The van der Waals surface area contributed by atoms with Crippen LogP contribution in [-0.4, -0.2) is 52.1 Å². The van der Waals surface area contributed by atoms with Gasteiger partial charge in [0.05, 0.1) is 5.60 Å². The Hall–Kier alpha value is -1.69. The minimum absolute atomic E-state index is 0.0867. The molecule has 24 heavy (non-hydrogen) atoms. The SMILES string of the molecule is C[C@@H]1C[C@H]1C(=O)N1CCC2(CC1)C[C@H](Nc1ncccn1)CCO2. The van der Waals surface area contributed by atoms with Gasteiger partial charge < -0.3 is 15.0 Å². The van der Waals surface area contributed by atoms with E-state index in [1.165, 1.54) is 0 Å². The van der Waals surface area contributed by atoms with Crippen molar-refractivity contribution in [3.8, 4) is 0 Å². The zero-order valence-electron chi connectivity index (χ0n) is 14.3. The summed E-state index contributed by atoms with van der Waals surface area (Å²) in [6.45, 7) is 4.59. The van der Waals surface area contributed by atoms with Crippen LogP contribution in [0.5, 0.6) is 0 Å². The number of nitrogens with zero attached hydrogens (tertiary/aromatic N) is 3. The average Bonchev–Trinajstić information content (AvgIpc) is 3.33. The molecule has 4 rings (SSSR count). The second kappa shape index (κ2) is 6.31. The molecule has 3 fully saturated rings. The molecule has 1 spiro atoms. The molecule has 3 atom stereocenters. The van der Waals surface area contributed by atoms with Gasteiger partial charge in [-0.3, -0.25) is 4.79 Å². The summed E-state index contributed by atoms with van der Waals surface area (Å²) in [4.78, 5) is 23.0. The van der Waals surface area contributed by atoms with E-state index in [4.69, 9.17) is 4.74 Å². The van der Waals surface area contributed by atoms with Crippen LogP contribution in [0.15, 0.2) is 18.5 Å². The fraction of sp³-hybridized carbons (Fsp3) is 0.722. The lowest BCUT2D eigenvalue weighted by Gasteiger charge is -2.46. The van der Waals surface area contributed by atoms with Crippen LogP contribution >= 0.6 is 0 Å². The summed E-state index contributed by atoms with van der Waals surface area (Å²) in [5.74, 6) is 1.92. The van der Waals surface area contributed by atoms with E-state index in [2.05, 4.69) is 27.1 Å². The van der Waals surface area contributed by atoms with Gasteiger partial charge in [0.15, 0.2) is 0 Å². The number of hydrogen-bond donors (Lipinski definition) is 1. The highest BCUT2D eigenvalue weighted by molar-refractivity contribution is 5.81. The molecule has 0 aromatic carbocycles. The maximum atomic E-state index is 12.4. The van der Waals surface area contributed by atoms with E-state index in [0.717, 1.165) is 51.8 Å². The normalized spacial score (nSPS) is 31.7. The van der Waals surface area contributed by atoms with Crippen molar-refractivity contribution >= 4 is 11.9 Å². The lowest BCUT2D eigenvalue weighted by atomic mass is 9.82. The summed E-state index contributed by atoms with van der Waals surface area (Å²) in [5.41, 5.74) is -0.0867. The number of piperidine rings is 1. The fourth-order valence-electron chi connectivity index (χ4n) is 4.09. The van der Waals surface area contributed by atoms with Gasteiger partial charge in [-0.05, 0) is 44.1 Å². The molecule has 1 aromatic heterocycles. The summed E-state index contributed by atoms with van der Waals surface area (Å²) >= 11 is 0. The minimum atomic E-state index is -0.0867. The van der Waals surface area contributed by atoms with Crippen molar-refractivity contribution in [2.24, 2.45) is 11.8 Å². The Bertz CT molecular complexity index is 586. The summed E-state index contributed by atoms with van der Waals surface area (Å²) in [6, 6.07) is 2.16. The van der Waals surface area contributed by atoms with E-state index >= 15 is 0 Å². The Morgan fingerprint density at radius 2 is 2.04 bits per heavy atom. The van der Waals surface area contributed by atoms with Gasteiger partial charge >= 0.3 is 0 Å². The van der Waals surface area contributed by atoms with E-state index in [1.807, 2.05) is 6.07 Å². The van der Waals surface area contributed by atoms with Crippen LogP contribution in [0.2, 0.25) is 0 Å². The number of hydrogen-bond acceptors (Lipinski definition) is 5. The van der Waals surface area contributed by atoms with Gasteiger partial charge in [-0.2, -0.15) is 0 Å². The molecule has 130 valence electrons. The number of amides is 1. The third kappa shape index (κ3) is 3.24. The van der Waals surface area contributed by atoms with Crippen LogP contribution in [0.4, 0.5) is 5.95 Å². The second-order valence-electron chi connectivity index (χ2n) is 7.58. The number of nitrogens with one attached hydrogen (secondary N) is 1. The molecule has 3 aliphatic rings. The van der Waals surface area contributed by atoms with E-state index < -0.39 is 0 Å². The Morgan fingerprint density at radius 3 is 2.71 bits per heavy atom. The third-order valence-electron chi connectivity index (χ3n) is 5.80. The van der Waals surface area contributed by atoms with Crippen molar-refractivity contribution in [1.82, 2.24) is 14.9 Å². The molecule has 0 bridgehead atoms. The zero-order chi connectivity index (χ0) is 16.6. The zero-order valence-corrected chi connectivity index (χ0v) is 14.3. The first kappa shape index (κ1) is 15.8. The molecular formula is C18H26N4O2. The smallest absolute Gasteiger partial charge is 0.225 e. The standard InChI is InChI=1S/C18H26N4O2/c1-13-11-15(13)16(23)22-8-4-18(5-9-22)12-14(3-10-24-18)21-17-19-6-2-7-20-17/h2,6-7,13-15H,3-5,8-12H2,1H3,(H,19,20,21)/t13-,14-,15-/m1/s1. The molecular weight excluding hydrogens is 304 g/mol. The van der Waals surface area contributed by atoms with Gasteiger partial charge in [0.1, 0.15) is 0 Å². The Labute approximate surface area is 143 Å². The molecule has 2 saturated heterocycles. The number of carbonyl (C=O) groups is 1. The Morgan fingerprint density at radius 1 is 1.33 bits per heavy atom. The van der Waals surface area contributed by atoms with Gasteiger partial charge in [-0.15, -0.1) is 0 Å². The number of ether oxygens (including phenoxy) is 1. The highest BCUT2D eigenvalue weighted by atomic mass is 16.5. The highest BCUT2D eigenvalue weighted by Crippen LogP contribution is 2.41. The van der Waals surface area contributed by atoms with Crippen LogP contribution in [0, 0.1) is 11.8 Å². The van der Waals surface area contributed by atoms with Crippen molar-refractivity contribution in [2.45, 2.75) is 50.7 Å². The summed E-state index contributed by atoms with van der Waals surface area (Å²) < 4.78 is 6.18. The first-order valence-electron chi connectivity index (χ1n) is 9.11. The number of aromatic nitrogens is 2. The minimum Gasteiger partial charge on any atom is -0.375 e. The lowest BCUT2D eigenvalue weighted by Crippen LogP contribution is -2.53. The maximum absolute atomic E-state index is 12.4. The van der Waals surface area contributed by atoms with Gasteiger partial charge in [0.25, 0.3) is 0 Å². The van der Waals surface area contributed by atoms with Gasteiger partial charge in [0, 0.05) is 44.0 Å². The number of rotatable bonds is 3. The van der Waals surface area contributed by atoms with Crippen LogP contribution in [0.1, 0.15) is 39.0 Å². The maximum Gasteiger partial charge on any atom is 0.225 e. The predicted octanol–water partition coefficient (Wildman–Crippen LogP) is 2.08. The van der Waals surface area contributed by atoms with Crippen LogP contribution in [0.3, 0.4) is 0 Å². The monoisotopic (exact) mass is 330 g/mol. The van der Waals surface area contributed by atoms with Crippen LogP contribution < -0.4 is 5.32 Å². The molecule has 6 nitrogen and oxygen atoms in total. The summed E-state index contributed by atoms with van der Waals surface area (Å²) in [7, 11) is 0. The molecule has 6 heteroatoms.